The molecular weight excluding hydrogens is 723 g/mol. The second-order valence-corrected chi connectivity index (χ2v) is 16.7. The van der Waals surface area contributed by atoms with Crippen LogP contribution in [0.2, 0.25) is 0 Å². The molecule has 1 saturated carbocycles. The molecule has 0 unspecified atom stereocenters. The maximum absolute atomic E-state index is 4.52. The fourth-order valence-corrected chi connectivity index (χ4v) is 10.2. The summed E-state index contributed by atoms with van der Waals surface area (Å²) in [7, 11) is 0. The Morgan fingerprint density at radius 1 is 0.617 bits per heavy atom. The Hall–Kier alpha value is -6.44. The van der Waals surface area contributed by atoms with Gasteiger partial charge >= 0.3 is 0 Å². The van der Waals surface area contributed by atoms with E-state index in [-0.39, 0.29) is 5.41 Å². The number of anilines is 2. The van der Waals surface area contributed by atoms with Gasteiger partial charge in [0.25, 0.3) is 0 Å². The Labute approximate surface area is 358 Å². The topological polar surface area (TPSA) is 3.24 Å². The first-order valence-corrected chi connectivity index (χ1v) is 21.7. The lowest BCUT2D eigenvalue weighted by Gasteiger charge is -2.42. The fraction of sp³-hybridized carbons (Fsp3) is 0.186. The molecule has 7 aromatic rings. The van der Waals surface area contributed by atoms with Crippen molar-refractivity contribution in [1.29, 1.82) is 0 Å². The second-order valence-electron chi connectivity index (χ2n) is 16.7. The maximum Gasteiger partial charge on any atom is 0.0704 e. The fourth-order valence-electron chi connectivity index (χ4n) is 10.2. The summed E-state index contributed by atoms with van der Waals surface area (Å²) in [5.74, 6) is 0. The Morgan fingerprint density at radius 2 is 1.22 bits per heavy atom. The highest BCUT2D eigenvalue weighted by Crippen LogP contribution is 2.52. The molecule has 0 saturated heterocycles. The van der Waals surface area contributed by atoms with Crippen molar-refractivity contribution in [2.45, 2.75) is 65.2 Å². The van der Waals surface area contributed by atoms with Crippen LogP contribution in [0.15, 0.2) is 206 Å². The van der Waals surface area contributed by atoms with Crippen molar-refractivity contribution in [1.82, 2.24) is 0 Å². The summed E-state index contributed by atoms with van der Waals surface area (Å²) in [4.78, 5) is 2.54. The minimum absolute atomic E-state index is 0.0688. The highest BCUT2D eigenvalue weighted by atomic mass is 15.2. The van der Waals surface area contributed by atoms with Gasteiger partial charge in [-0.1, -0.05) is 203 Å². The molecule has 8 rings (SSSR count). The molecule has 0 amide bonds. The van der Waals surface area contributed by atoms with E-state index >= 15 is 0 Å². The zero-order valence-corrected chi connectivity index (χ0v) is 35.8. The van der Waals surface area contributed by atoms with E-state index in [1.807, 2.05) is 6.08 Å². The molecule has 0 atom stereocenters. The first-order chi connectivity index (χ1) is 29.3. The predicted molar refractivity (Wildman–Crippen MR) is 259 cm³/mol. The van der Waals surface area contributed by atoms with Crippen LogP contribution >= 0.6 is 0 Å². The van der Waals surface area contributed by atoms with E-state index in [4.69, 9.17) is 0 Å². The molecule has 7 aromatic carbocycles. The molecule has 1 aliphatic rings. The van der Waals surface area contributed by atoms with Crippen LogP contribution in [0.25, 0.3) is 22.4 Å². The minimum atomic E-state index is -0.600. The summed E-state index contributed by atoms with van der Waals surface area (Å²) < 4.78 is 0. The SMILES string of the molecule is C=C/C(=C(\C(=C/C)N(c1cccc(C(c2ccccc2)(c2ccccc2)c2ccccc2C)c1)c1ccc2c(C)c(C=C)ccc2c1)C1(C)CCCCC1)c1ccccc1. The first kappa shape index (κ1) is 40.3. The molecule has 60 heavy (non-hydrogen) atoms. The van der Waals surface area contributed by atoms with Crippen LogP contribution in [0.5, 0.6) is 0 Å². The molecule has 1 nitrogen and oxygen atoms in total. The molecule has 298 valence electrons. The summed E-state index contributed by atoms with van der Waals surface area (Å²) in [6.45, 7) is 17.8. The lowest BCUT2D eigenvalue weighted by molar-refractivity contribution is 0.271. The largest absolute Gasteiger partial charge is 0.310 e. The third-order valence-corrected chi connectivity index (χ3v) is 13.2. The zero-order chi connectivity index (χ0) is 41.7. The minimum Gasteiger partial charge on any atom is -0.310 e. The van der Waals surface area contributed by atoms with Gasteiger partial charge in [0, 0.05) is 17.1 Å². The second kappa shape index (κ2) is 17.4. The number of hydrogen-bond acceptors (Lipinski definition) is 1. The Morgan fingerprint density at radius 3 is 1.83 bits per heavy atom. The highest BCUT2D eigenvalue weighted by Gasteiger charge is 2.41. The van der Waals surface area contributed by atoms with Crippen molar-refractivity contribution < 1.29 is 0 Å². The third-order valence-electron chi connectivity index (χ3n) is 13.2. The third kappa shape index (κ3) is 7.28. The molecule has 1 aliphatic carbocycles. The Bertz CT molecular complexity index is 2650. The van der Waals surface area contributed by atoms with Crippen molar-refractivity contribution in [2.75, 3.05) is 4.90 Å². The van der Waals surface area contributed by atoms with Gasteiger partial charge in [-0.25, -0.2) is 0 Å². The quantitative estimate of drug-likeness (QED) is 0.0882. The van der Waals surface area contributed by atoms with Crippen LogP contribution in [0, 0.1) is 19.3 Å². The van der Waals surface area contributed by atoms with Crippen LogP contribution in [0.3, 0.4) is 0 Å². The van der Waals surface area contributed by atoms with E-state index in [1.54, 1.807) is 0 Å². The van der Waals surface area contributed by atoms with Gasteiger partial charge < -0.3 is 4.90 Å². The van der Waals surface area contributed by atoms with E-state index in [2.05, 4.69) is 228 Å². The standard InChI is InChI=1S/C59H57N/c1-7-45-35-36-47-41-52(37-38-54(47)44(45)5)60(56(9-3)57(58(6)39-22-13-23-40-58)53(8-2)46-26-14-10-15-27-46)51-33-24-32-50(42-51)59(48-28-16-11-17-29-48,49-30-18-12-19-31-49)55-34-21-20-25-43(55)4/h7-12,14-21,24-38,41-42H,1-2,13,22-23,39-40H2,3-6H3/b56-9+,57-53-. The van der Waals surface area contributed by atoms with Crippen molar-refractivity contribution in [3.05, 3.63) is 251 Å². The maximum atomic E-state index is 4.52. The number of benzene rings is 7. The number of fused-ring (bicyclic) bond motifs is 1. The molecule has 0 bridgehead atoms. The van der Waals surface area contributed by atoms with Gasteiger partial charge in [-0.3, -0.25) is 0 Å². The van der Waals surface area contributed by atoms with Gasteiger partial charge in [-0.15, -0.1) is 0 Å². The summed E-state index contributed by atoms with van der Waals surface area (Å²) in [6, 6.07) is 62.8. The summed E-state index contributed by atoms with van der Waals surface area (Å²) in [5.41, 5.74) is 15.1. The molecule has 0 radical (unpaired) electrons. The molecule has 0 spiro atoms. The van der Waals surface area contributed by atoms with Crippen molar-refractivity contribution in [3.63, 3.8) is 0 Å². The van der Waals surface area contributed by atoms with E-state index < -0.39 is 5.41 Å². The van der Waals surface area contributed by atoms with Crippen molar-refractivity contribution in [2.24, 2.45) is 5.41 Å². The Kier molecular flexibility index (Phi) is 11.7. The number of aryl methyl sites for hydroxylation is 2. The lowest BCUT2D eigenvalue weighted by atomic mass is 9.64. The number of nitrogens with zero attached hydrogens (tertiary/aromatic N) is 1. The average Bonchev–Trinajstić information content (AvgIpc) is 3.30. The molecule has 0 heterocycles. The van der Waals surface area contributed by atoms with Crippen LogP contribution in [-0.2, 0) is 5.41 Å². The van der Waals surface area contributed by atoms with Gasteiger partial charge in [0.15, 0.2) is 0 Å². The van der Waals surface area contributed by atoms with E-state index in [0.717, 1.165) is 29.8 Å². The van der Waals surface area contributed by atoms with Crippen LogP contribution in [0.4, 0.5) is 11.4 Å². The average molecular weight is 780 g/mol. The van der Waals surface area contributed by atoms with Crippen LogP contribution in [0.1, 0.15) is 90.5 Å². The normalized spacial score (nSPS) is 14.6. The van der Waals surface area contributed by atoms with Gasteiger partial charge in [-0.2, -0.15) is 0 Å². The number of rotatable bonds is 12. The van der Waals surface area contributed by atoms with Crippen molar-refractivity contribution >= 4 is 33.8 Å². The summed E-state index contributed by atoms with van der Waals surface area (Å²) in [5, 5.41) is 2.45. The summed E-state index contributed by atoms with van der Waals surface area (Å²) in [6.07, 6.45) is 12.4. The van der Waals surface area contributed by atoms with E-state index in [1.165, 1.54) is 85.8 Å². The number of allylic oxidation sites excluding steroid dienone is 4. The molecule has 1 fully saturated rings. The van der Waals surface area contributed by atoms with Crippen LogP contribution < -0.4 is 4.90 Å². The molecule has 0 aliphatic heterocycles. The molecule has 1 heteroatoms. The van der Waals surface area contributed by atoms with Gasteiger partial charge in [-0.05, 0) is 130 Å². The van der Waals surface area contributed by atoms with Crippen molar-refractivity contribution in [3.8, 4) is 0 Å². The monoisotopic (exact) mass is 779 g/mol. The molecular formula is C59H57N. The van der Waals surface area contributed by atoms with Gasteiger partial charge in [0.1, 0.15) is 0 Å². The first-order valence-electron chi connectivity index (χ1n) is 21.7. The predicted octanol–water partition coefficient (Wildman–Crippen LogP) is 16.1. The summed E-state index contributed by atoms with van der Waals surface area (Å²) >= 11 is 0. The highest BCUT2D eigenvalue weighted by molar-refractivity contribution is 5.93. The number of hydrogen-bond donors (Lipinski definition) is 0. The lowest BCUT2D eigenvalue weighted by Crippen LogP contribution is -2.33. The Balaban J connectivity index is 1.46. The molecule has 0 N–H and O–H groups in total. The molecule has 0 aromatic heterocycles. The van der Waals surface area contributed by atoms with E-state index in [9.17, 15) is 0 Å². The van der Waals surface area contributed by atoms with Crippen LogP contribution in [-0.4, -0.2) is 0 Å². The van der Waals surface area contributed by atoms with E-state index in [0.29, 0.717) is 0 Å². The van der Waals surface area contributed by atoms with Gasteiger partial charge in [0.05, 0.1) is 5.41 Å². The zero-order valence-electron chi connectivity index (χ0n) is 35.8. The van der Waals surface area contributed by atoms with Gasteiger partial charge in [0.2, 0.25) is 0 Å². The smallest absolute Gasteiger partial charge is 0.0704 e.